The molecular weight excluding hydrogens is 395 g/mol. The summed E-state index contributed by atoms with van der Waals surface area (Å²) < 4.78 is 10.8. The molecule has 0 saturated carbocycles. The lowest BCUT2D eigenvalue weighted by atomic mass is 10.1. The first-order valence-electron chi connectivity index (χ1n) is 8.02. The number of halogens is 2. The van der Waals surface area contributed by atoms with Crippen LogP contribution in [0.3, 0.4) is 0 Å². The van der Waals surface area contributed by atoms with E-state index in [0.29, 0.717) is 22.2 Å². The number of hydrogen-bond acceptors (Lipinski definition) is 5. The SMILES string of the molecule is CC(=O)c1c(C)oc(NC(=O)CCCOc2ccc(Cl)cc2Cl)c1C(N)=O. The van der Waals surface area contributed by atoms with Crippen LogP contribution in [0.15, 0.2) is 22.6 Å². The molecule has 2 amide bonds. The number of primary amides is 1. The molecule has 0 atom stereocenters. The minimum atomic E-state index is -0.854. The number of amides is 2. The maximum atomic E-state index is 12.1. The van der Waals surface area contributed by atoms with Gasteiger partial charge in [0.1, 0.15) is 17.1 Å². The van der Waals surface area contributed by atoms with Gasteiger partial charge in [0.2, 0.25) is 11.8 Å². The van der Waals surface area contributed by atoms with Gasteiger partial charge in [0.15, 0.2) is 5.78 Å². The summed E-state index contributed by atoms with van der Waals surface area (Å²) in [7, 11) is 0. The van der Waals surface area contributed by atoms with Gasteiger partial charge in [-0.15, -0.1) is 0 Å². The molecule has 27 heavy (non-hydrogen) atoms. The maximum Gasteiger partial charge on any atom is 0.255 e. The van der Waals surface area contributed by atoms with Crippen LogP contribution in [0.1, 0.15) is 46.2 Å². The second kappa shape index (κ2) is 8.92. The van der Waals surface area contributed by atoms with Crippen molar-refractivity contribution in [2.75, 3.05) is 11.9 Å². The van der Waals surface area contributed by atoms with Crippen LogP contribution in [-0.4, -0.2) is 24.2 Å². The highest BCUT2D eigenvalue weighted by Crippen LogP contribution is 2.28. The molecule has 3 N–H and O–H groups in total. The molecule has 0 aliphatic heterocycles. The number of ketones is 1. The van der Waals surface area contributed by atoms with Gasteiger partial charge in [-0.2, -0.15) is 0 Å². The molecule has 9 heteroatoms. The number of anilines is 1. The van der Waals surface area contributed by atoms with E-state index in [1.165, 1.54) is 13.8 Å². The minimum absolute atomic E-state index is 0.0681. The fourth-order valence-corrected chi connectivity index (χ4v) is 2.95. The zero-order chi connectivity index (χ0) is 20.1. The number of hydrogen-bond donors (Lipinski definition) is 2. The number of nitrogens with two attached hydrogens (primary N) is 1. The van der Waals surface area contributed by atoms with Gasteiger partial charge in [-0.3, -0.25) is 19.7 Å². The number of nitrogens with one attached hydrogen (secondary N) is 1. The summed E-state index contributed by atoms with van der Waals surface area (Å²) >= 11 is 11.8. The molecule has 2 aromatic rings. The smallest absolute Gasteiger partial charge is 0.255 e. The monoisotopic (exact) mass is 412 g/mol. The van der Waals surface area contributed by atoms with E-state index in [1.54, 1.807) is 18.2 Å². The van der Waals surface area contributed by atoms with Gasteiger partial charge in [0.25, 0.3) is 5.91 Å². The van der Waals surface area contributed by atoms with E-state index in [9.17, 15) is 14.4 Å². The number of carbonyl (C=O) groups excluding carboxylic acids is 3. The van der Waals surface area contributed by atoms with Crippen LogP contribution in [0.5, 0.6) is 5.75 Å². The molecule has 1 heterocycles. The van der Waals surface area contributed by atoms with Crippen LogP contribution in [0, 0.1) is 6.92 Å². The van der Waals surface area contributed by atoms with Gasteiger partial charge in [-0.25, -0.2) is 0 Å². The second-order valence-electron chi connectivity index (χ2n) is 5.73. The van der Waals surface area contributed by atoms with Gasteiger partial charge in [-0.1, -0.05) is 23.2 Å². The summed E-state index contributed by atoms with van der Waals surface area (Å²) in [5.41, 5.74) is 5.25. The van der Waals surface area contributed by atoms with Crippen molar-refractivity contribution >= 4 is 46.7 Å². The Balaban J connectivity index is 1.93. The van der Waals surface area contributed by atoms with E-state index < -0.39 is 11.8 Å². The van der Waals surface area contributed by atoms with E-state index in [0.717, 1.165) is 0 Å². The minimum Gasteiger partial charge on any atom is -0.492 e. The van der Waals surface area contributed by atoms with Crippen molar-refractivity contribution in [2.45, 2.75) is 26.7 Å². The fraction of sp³-hybridized carbons (Fsp3) is 0.278. The van der Waals surface area contributed by atoms with Gasteiger partial charge in [0, 0.05) is 11.4 Å². The highest BCUT2D eigenvalue weighted by Gasteiger charge is 2.26. The number of benzene rings is 1. The van der Waals surface area contributed by atoms with E-state index in [-0.39, 0.29) is 41.6 Å². The summed E-state index contributed by atoms with van der Waals surface area (Å²) in [5.74, 6) is -1.09. The quantitative estimate of drug-likeness (QED) is 0.502. The van der Waals surface area contributed by atoms with Crippen LogP contribution in [0.25, 0.3) is 0 Å². The first-order valence-corrected chi connectivity index (χ1v) is 8.78. The summed E-state index contributed by atoms with van der Waals surface area (Å²) in [4.78, 5) is 35.4. The van der Waals surface area contributed by atoms with Crippen molar-refractivity contribution in [1.29, 1.82) is 0 Å². The van der Waals surface area contributed by atoms with Crippen molar-refractivity contribution in [3.63, 3.8) is 0 Å². The lowest BCUT2D eigenvalue weighted by molar-refractivity contribution is -0.116. The zero-order valence-corrected chi connectivity index (χ0v) is 16.2. The van der Waals surface area contributed by atoms with Gasteiger partial charge < -0.3 is 14.9 Å². The lowest BCUT2D eigenvalue weighted by Crippen LogP contribution is -2.19. The molecule has 0 aliphatic carbocycles. The lowest BCUT2D eigenvalue weighted by Gasteiger charge is -2.08. The summed E-state index contributed by atoms with van der Waals surface area (Å²) in [6, 6.07) is 4.84. The molecule has 0 bridgehead atoms. The van der Waals surface area contributed by atoms with Crippen LogP contribution in [0.2, 0.25) is 10.0 Å². The van der Waals surface area contributed by atoms with Gasteiger partial charge >= 0.3 is 0 Å². The highest BCUT2D eigenvalue weighted by molar-refractivity contribution is 6.35. The van der Waals surface area contributed by atoms with E-state index in [1.807, 2.05) is 0 Å². The summed E-state index contributed by atoms with van der Waals surface area (Å²) in [6.45, 7) is 3.05. The van der Waals surface area contributed by atoms with Crippen molar-refractivity contribution in [3.8, 4) is 5.75 Å². The second-order valence-corrected chi connectivity index (χ2v) is 6.58. The Morgan fingerprint density at radius 3 is 2.52 bits per heavy atom. The molecule has 0 radical (unpaired) electrons. The van der Waals surface area contributed by atoms with Crippen LogP contribution in [-0.2, 0) is 4.79 Å². The number of carbonyl (C=O) groups is 3. The van der Waals surface area contributed by atoms with Gasteiger partial charge in [0.05, 0.1) is 17.2 Å². The molecule has 0 spiro atoms. The summed E-state index contributed by atoms with van der Waals surface area (Å²) in [5, 5.41) is 3.34. The molecule has 7 nitrogen and oxygen atoms in total. The van der Waals surface area contributed by atoms with E-state index in [2.05, 4.69) is 5.32 Å². The van der Waals surface area contributed by atoms with Crippen LogP contribution < -0.4 is 15.8 Å². The summed E-state index contributed by atoms with van der Waals surface area (Å²) in [6.07, 6.45) is 0.481. The van der Waals surface area contributed by atoms with Crippen molar-refractivity contribution in [3.05, 3.63) is 45.1 Å². The largest absolute Gasteiger partial charge is 0.492 e. The predicted octanol–water partition coefficient (Wildman–Crippen LogP) is 3.99. The first-order chi connectivity index (χ1) is 12.7. The third-order valence-electron chi connectivity index (χ3n) is 3.64. The molecule has 1 aromatic heterocycles. The average molecular weight is 413 g/mol. The standard InChI is InChI=1S/C18H18Cl2N2O5/c1-9(23)15-10(2)27-18(16(15)17(21)25)22-14(24)4-3-7-26-13-6-5-11(19)8-12(13)20/h5-6,8H,3-4,7H2,1-2H3,(H2,21,25)(H,22,24). The third kappa shape index (κ3) is 5.24. The van der Waals surface area contributed by atoms with Crippen LogP contribution >= 0.6 is 23.2 Å². The van der Waals surface area contributed by atoms with Crippen molar-refractivity contribution < 1.29 is 23.5 Å². The average Bonchev–Trinajstić information content (AvgIpc) is 2.89. The Morgan fingerprint density at radius 2 is 1.93 bits per heavy atom. The Bertz CT molecular complexity index is 892. The van der Waals surface area contributed by atoms with Gasteiger partial charge in [-0.05, 0) is 38.5 Å². The number of aryl methyl sites for hydroxylation is 1. The number of furan rings is 1. The molecule has 1 aromatic carbocycles. The third-order valence-corrected chi connectivity index (χ3v) is 4.17. The topological polar surface area (TPSA) is 112 Å². The van der Waals surface area contributed by atoms with Crippen molar-refractivity contribution in [2.24, 2.45) is 5.73 Å². The molecule has 144 valence electrons. The van der Waals surface area contributed by atoms with E-state index in [4.69, 9.17) is 38.1 Å². The maximum absolute atomic E-state index is 12.1. The number of ether oxygens (including phenoxy) is 1. The van der Waals surface area contributed by atoms with Crippen molar-refractivity contribution in [1.82, 2.24) is 0 Å². The zero-order valence-electron chi connectivity index (χ0n) is 14.7. The normalized spacial score (nSPS) is 10.5. The van der Waals surface area contributed by atoms with Crippen LogP contribution in [0.4, 0.5) is 5.88 Å². The first kappa shape index (κ1) is 20.8. The molecule has 0 aliphatic rings. The molecule has 0 fully saturated rings. The Labute approximate surface area is 165 Å². The fourth-order valence-electron chi connectivity index (χ4n) is 2.49. The Kier molecular flexibility index (Phi) is 6.87. The molecular formula is C18H18Cl2N2O5. The highest BCUT2D eigenvalue weighted by atomic mass is 35.5. The molecule has 0 unspecified atom stereocenters. The predicted molar refractivity (Wildman–Crippen MR) is 102 cm³/mol. The number of Topliss-reactive ketones (excluding diaryl/α,β-unsaturated/α-hetero) is 1. The number of rotatable bonds is 8. The molecule has 2 rings (SSSR count). The Hall–Kier alpha value is -2.51. The van der Waals surface area contributed by atoms with E-state index >= 15 is 0 Å². The Morgan fingerprint density at radius 1 is 1.22 bits per heavy atom. The molecule has 0 saturated heterocycles.